The molecule has 0 N–H and O–H groups in total. The highest BCUT2D eigenvalue weighted by Crippen LogP contribution is 2.32. The van der Waals surface area contributed by atoms with Crippen molar-refractivity contribution in [3.8, 4) is 11.5 Å². The van der Waals surface area contributed by atoms with Crippen LogP contribution in [0.3, 0.4) is 0 Å². The second-order valence-corrected chi connectivity index (χ2v) is 3.49. The summed E-state index contributed by atoms with van der Waals surface area (Å²) in [6.45, 7) is 1.26. The van der Waals surface area contributed by atoms with Crippen LogP contribution in [0.1, 0.15) is 6.42 Å². The van der Waals surface area contributed by atoms with E-state index < -0.39 is 14.6 Å². The maximum Gasteiger partial charge on any atom is 0.776 e. The Bertz CT molecular complexity index is 344. The van der Waals surface area contributed by atoms with Crippen molar-refractivity contribution in [2.75, 3.05) is 13.2 Å². The van der Waals surface area contributed by atoms with Crippen molar-refractivity contribution in [1.82, 2.24) is 0 Å². The van der Waals surface area contributed by atoms with Crippen LogP contribution in [0.15, 0.2) is 24.3 Å². The summed E-state index contributed by atoms with van der Waals surface area (Å²) in [5.74, 6) is 1.34. The summed E-state index contributed by atoms with van der Waals surface area (Å²) in [6, 6.07) is 7.39. The quantitative estimate of drug-likeness (QED) is 0.692. The molecule has 16 heavy (non-hydrogen) atoms. The van der Waals surface area contributed by atoms with Gasteiger partial charge in [-0.1, -0.05) is 12.1 Å². The van der Waals surface area contributed by atoms with Crippen molar-refractivity contribution in [2.45, 2.75) is 6.42 Å². The lowest BCUT2D eigenvalue weighted by atomic mass is 10.1. The maximum atomic E-state index is 5.41. The third-order valence-corrected chi connectivity index (χ3v) is 2.31. The SMILES string of the molecule is c1ccc2c(c1)OB(OB1OCCCO1)O2. The van der Waals surface area contributed by atoms with Crippen molar-refractivity contribution in [1.29, 1.82) is 0 Å². The molecule has 2 aliphatic heterocycles. The largest absolute Gasteiger partial charge is 0.776 e. The number of benzene rings is 1. The highest BCUT2D eigenvalue weighted by atomic mass is 16.8. The van der Waals surface area contributed by atoms with Gasteiger partial charge in [0.05, 0.1) is 0 Å². The highest BCUT2D eigenvalue weighted by molar-refractivity contribution is 6.53. The van der Waals surface area contributed by atoms with E-state index in [1.165, 1.54) is 0 Å². The minimum atomic E-state index is -0.791. The molecule has 82 valence electrons. The molecule has 1 saturated heterocycles. The molecule has 1 aromatic carbocycles. The molecule has 1 aromatic rings. The standard InChI is InChI=1S/C9H10B2O5/c1-2-5-9-8(4-1)14-11(15-9)16-10-12-6-3-7-13-10/h1-2,4-5H,3,6-7H2. The first-order valence-electron chi connectivity index (χ1n) is 5.23. The molecular formula is C9H10B2O5. The lowest BCUT2D eigenvalue weighted by Gasteiger charge is -2.19. The molecule has 1 fully saturated rings. The van der Waals surface area contributed by atoms with E-state index in [9.17, 15) is 0 Å². The average molecular weight is 220 g/mol. The summed E-state index contributed by atoms with van der Waals surface area (Å²) in [4.78, 5) is 0. The fourth-order valence-electron chi connectivity index (χ4n) is 1.57. The molecule has 3 rings (SSSR count). The molecule has 5 nitrogen and oxygen atoms in total. The van der Waals surface area contributed by atoms with Crippen LogP contribution in [0, 0.1) is 0 Å². The minimum Gasteiger partial charge on any atom is -0.498 e. The highest BCUT2D eigenvalue weighted by Gasteiger charge is 2.41. The minimum absolute atomic E-state index is 0.629. The first-order valence-corrected chi connectivity index (χ1v) is 5.23. The topological polar surface area (TPSA) is 46.2 Å². The van der Waals surface area contributed by atoms with Gasteiger partial charge in [-0.15, -0.1) is 0 Å². The summed E-state index contributed by atoms with van der Waals surface area (Å²) in [5, 5.41) is 0. The van der Waals surface area contributed by atoms with Crippen molar-refractivity contribution in [3.05, 3.63) is 24.3 Å². The Morgan fingerprint density at radius 3 is 2.19 bits per heavy atom. The van der Waals surface area contributed by atoms with E-state index in [1.54, 1.807) is 0 Å². The van der Waals surface area contributed by atoms with Gasteiger partial charge in [-0.3, -0.25) is 0 Å². The molecule has 0 bridgehead atoms. The molecule has 0 spiro atoms. The Labute approximate surface area is 93.9 Å². The van der Waals surface area contributed by atoms with E-state index in [0.717, 1.165) is 6.42 Å². The van der Waals surface area contributed by atoms with Gasteiger partial charge < -0.3 is 23.2 Å². The third-order valence-electron chi connectivity index (χ3n) is 2.31. The Morgan fingerprint density at radius 1 is 0.938 bits per heavy atom. The Kier molecular flexibility index (Phi) is 2.73. The molecular weight excluding hydrogens is 210 g/mol. The molecule has 2 heterocycles. The van der Waals surface area contributed by atoms with Crippen LogP contribution in [0.25, 0.3) is 0 Å². The predicted molar refractivity (Wildman–Crippen MR) is 56.8 cm³/mol. The molecule has 0 amide bonds. The second-order valence-electron chi connectivity index (χ2n) is 3.49. The van der Waals surface area contributed by atoms with E-state index in [4.69, 9.17) is 23.2 Å². The zero-order valence-corrected chi connectivity index (χ0v) is 8.63. The van der Waals surface area contributed by atoms with Gasteiger partial charge in [-0.25, -0.2) is 0 Å². The van der Waals surface area contributed by atoms with Crippen LogP contribution < -0.4 is 9.31 Å². The summed E-state index contributed by atoms with van der Waals surface area (Å²) >= 11 is 0. The Morgan fingerprint density at radius 2 is 1.56 bits per heavy atom. The van der Waals surface area contributed by atoms with Crippen molar-refractivity contribution in [2.24, 2.45) is 0 Å². The van der Waals surface area contributed by atoms with Gasteiger partial charge in [0.15, 0.2) is 0 Å². The van der Waals surface area contributed by atoms with E-state index >= 15 is 0 Å². The number of rotatable bonds is 2. The Hall–Kier alpha value is -1.17. The van der Waals surface area contributed by atoms with Gasteiger partial charge in [-0.2, -0.15) is 0 Å². The number of hydrogen-bond donors (Lipinski definition) is 0. The molecule has 2 aliphatic rings. The molecule has 7 heteroatoms. The fourth-order valence-corrected chi connectivity index (χ4v) is 1.57. The number of hydrogen-bond acceptors (Lipinski definition) is 5. The smallest absolute Gasteiger partial charge is 0.498 e. The predicted octanol–water partition coefficient (Wildman–Crippen LogP) is 0.881. The van der Waals surface area contributed by atoms with Crippen LogP contribution in [-0.2, 0) is 13.9 Å². The monoisotopic (exact) mass is 220 g/mol. The second kappa shape index (κ2) is 4.37. The average Bonchev–Trinajstić information content (AvgIpc) is 2.72. The van der Waals surface area contributed by atoms with E-state index in [0.29, 0.717) is 24.7 Å². The summed E-state index contributed by atoms with van der Waals surface area (Å²) < 4.78 is 26.6. The zero-order valence-electron chi connectivity index (χ0n) is 8.63. The number of fused-ring (bicyclic) bond motifs is 1. The van der Waals surface area contributed by atoms with E-state index in [2.05, 4.69) is 0 Å². The first kappa shape index (κ1) is 10.0. The zero-order chi connectivity index (χ0) is 10.8. The van der Waals surface area contributed by atoms with Crippen LogP contribution in [0.2, 0.25) is 0 Å². The summed E-state index contributed by atoms with van der Waals surface area (Å²) in [5.41, 5.74) is 0. The maximum absolute atomic E-state index is 5.41. The van der Waals surface area contributed by atoms with Crippen LogP contribution in [-0.4, -0.2) is 27.9 Å². The summed E-state index contributed by atoms with van der Waals surface area (Å²) in [7, 11) is -1.49. The molecule has 0 aliphatic carbocycles. The van der Waals surface area contributed by atoms with E-state index in [-0.39, 0.29) is 0 Å². The molecule has 0 saturated carbocycles. The Balaban J connectivity index is 1.59. The van der Waals surface area contributed by atoms with Gasteiger partial charge in [-0.05, 0) is 18.6 Å². The van der Waals surface area contributed by atoms with Gasteiger partial charge >= 0.3 is 14.6 Å². The lowest BCUT2D eigenvalue weighted by Crippen LogP contribution is -2.42. The van der Waals surface area contributed by atoms with Crippen molar-refractivity contribution in [3.63, 3.8) is 0 Å². The van der Waals surface area contributed by atoms with Crippen LogP contribution >= 0.6 is 0 Å². The first-order chi connectivity index (χ1) is 7.92. The van der Waals surface area contributed by atoms with Crippen LogP contribution in [0.4, 0.5) is 0 Å². The van der Waals surface area contributed by atoms with Gasteiger partial charge in [0, 0.05) is 13.2 Å². The molecule has 0 radical (unpaired) electrons. The molecule has 0 unspecified atom stereocenters. The molecule has 0 aromatic heterocycles. The van der Waals surface area contributed by atoms with Crippen molar-refractivity contribution >= 4 is 14.6 Å². The number of para-hydroxylation sites is 2. The van der Waals surface area contributed by atoms with E-state index in [1.807, 2.05) is 24.3 Å². The van der Waals surface area contributed by atoms with Gasteiger partial charge in [0.25, 0.3) is 0 Å². The summed E-state index contributed by atoms with van der Waals surface area (Å²) in [6.07, 6.45) is 0.881. The van der Waals surface area contributed by atoms with Crippen LogP contribution in [0.5, 0.6) is 11.5 Å². The van der Waals surface area contributed by atoms with Gasteiger partial charge in [0.1, 0.15) is 11.5 Å². The molecule has 0 atom stereocenters. The fraction of sp³-hybridized carbons (Fsp3) is 0.333. The van der Waals surface area contributed by atoms with Gasteiger partial charge in [0.2, 0.25) is 0 Å². The lowest BCUT2D eigenvalue weighted by molar-refractivity contribution is 0.0786. The van der Waals surface area contributed by atoms with Crippen molar-refractivity contribution < 1.29 is 23.2 Å². The third kappa shape index (κ3) is 2.02. The normalized spacial score (nSPS) is 19.0.